The number of allylic oxidation sites excluding steroid dienone is 3. The second-order valence-electron chi connectivity index (χ2n) is 8.63. The van der Waals surface area contributed by atoms with E-state index in [4.69, 9.17) is 18.9 Å². The molecule has 0 amide bonds. The Morgan fingerprint density at radius 3 is 2.71 bits per heavy atom. The monoisotopic (exact) mass is 461 g/mol. The van der Waals surface area contributed by atoms with Gasteiger partial charge in [-0.1, -0.05) is 18.2 Å². The number of hydrogen-bond acceptors (Lipinski definition) is 7. The first-order valence-electron chi connectivity index (χ1n) is 11.4. The first-order chi connectivity index (χ1) is 16.5. The van der Waals surface area contributed by atoms with Gasteiger partial charge in [-0.15, -0.1) is 0 Å². The van der Waals surface area contributed by atoms with Gasteiger partial charge in [-0.2, -0.15) is 0 Å². The third-order valence-electron chi connectivity index (χ3n) is 6.62. The van der Waals surface area contributed by atoms with E-state index in [0.29, 0.717) is 41.2 Å². The molecule has 176 valence electrons. The van der Waals surface area contributed by atoms with E-state index in [1.165, 1.54) is 0 Å². The minimum absolute atomic E-state index is 0.0125. The van der Waals surface area contributed by atoms with E-state index in [2.05, 4.69) is 5.32 Å². The molecule has 2 unspecified atom stereocenters. The number of methoxy groups -OCH3 is 1. The van der Waals surface area contributed by atoms with Crippen molar-refractivity contribution in [2.75, 3.05) is 20.5 Å². The molecule has 2 aliphatic heterocycles. The van der Waals surface area contributed by atoms with Crippen molar-refractivity contribution in [3.05, 3.63) is 76.1 Å². The Morgan fingerprint density at radius 1 is 1.09 bits per heavy atom. The van der Waals surface area contributed by atoms with Gasteiger partial charge in [-0.25, -0.2) is 4.79 Å². The Labute approximate surface area is 198 Å². The second-order valence-corrected chi connectivity index (χ2v) is 8.63. The van der Waals surface area contributed by atoms with Crippen molar-refractivity contribution in [2.24, 2.45) is 0 Å². The molecule has 0 saturated heterocycles. The second kappa shape index (κ2) is 8.89. The van der Waals surface area contributed by atoms with Gasteiger partial charge in [-0.05, 0) is 61.6 Å². The molecule has 0 bridgehead atoms. The maximum absolute atomic E-state index is 13.7. The van der Waals surface area contributed by atoms with Gasteiger partial charge >= 0.3 is 5.97 Å². The summed E-state index contributed by atoms with van der Waals surface area (Å²) in [4.78, 5) is 26.7. The first kappa shape index (κ1) is 22.1. The molecule has 0 saturated carbocycles. The fraction of sp³-hybridized carbons (Fsp3) is 0.333. The van der Waals surface area contributed by atoms with Crippen LogP contribution in [0.1, 0.15) is 49.7 Å². The van der Waals surface area contributed by atoms with E-state index in [1.807, 2.05) is 49.4 Å². The van der Waals surface area contributed by atoms with Crippen LogP contribution in [0.5, 0.6) is 17.2 Å². The molecule has 1 aliphatic carbocycles. The number of dihydropyridines is 1. The molecule has 5 rings (SSSR count). The van der Waals surface area contributed by atoms with Crippen molar-refractivity contribution in [2.45, 2.75) is 38.5 Å². The zero-order valence-electron chi connectivity index (χ0n) is 19.5. The van der Waals surface area contributed by atoms with Crippen molar-refractivity contribution in [3.63, 3.8) is 0 Å². The number of ether oxygens (including phenoxy) is 4. The van der Waals surface area contributed by atoms with E-state index in [9.17, 15) is 9.59 Å². The number of benzene rings is 2. The number of rotatable bonds is 5. The van der Waals surface area contributed by atoms with Crippen LogP contribution in [0.15, 0.2) is 65.0 Å². The fourth-order valence-electron chi connectivity index (χ4n) is 5.08. The Balaban J connectivity index is 1.58. The highest BCUT2D eigenvalue weighted by Gasteiger charge is 2.41. The molecule has 1 N–H and O–H groups in total. The van der Waals surface area contributed by atoms with Gasteiger partial charge in [0.25, 0.3) is 0 Å². The Hall–Kier alpha value is -3.74. The van der Waals surface area contributed by atoms with Crippen molar-refractivity contribution < 1.29 is 28.5 Å². The summed E-state index contributed by atoms with van der Waals surface area (Å²) in [6, 6.07) is 13.4. The van der Waals surface area contributed by atoms with Crippen LogP contribution in [0.25, 0.3) is 0 Å². The van der Waals surface area contributed by atoms with Crippen LogP contribution < -0.4 is 19.5 Å². The number of nitrogens with one attached hydrogen (secondary N) is 1. The molecular weight excluding hydrogens is 434 g/mol. The van der Waals surface area contributed by atoms with E-state index in [1.54, 1.807) is 14.0 Å². The molecule has 0 fully saturated rings. The Kier molecular flexibility index (Phi) is 5.77. The standard InChI is InChI=1S/C27H27NO6/c1-4-32-27(30)24-15(2)28-20-11-18(16-6-5-7-19(10-16)31-3)12-21(29)26(20)25(24)17-8-9-22-23(13-17)34-14-33-22/h5-10,13,18,25,28H,4,11-12,14H2,1-3H3. The van der Waals surface area contributed by atoms with Crippen molar-refractivity contribution >= 4 is 11.8 Å². The lowest BCUT2D eigenvalue weighted by molar-refractivity contribution is -0.138. The lowest BCUT2D eigenvalue weighted by Gasteiger charge is -2.36. The van der Waals surface area contributed by atoms with Gasteiger partial charge in [0.2, 0.25) is 6.79 Å². The van der Waals surface area contributed by atoms with Gasteiger partial charge in [-0.3, -0.25) is 4.79 Å². The van der Waals surface area contributed by atoms with E-state index >= 15 is 0 Å². The predicted molar refractivity (Wildman–Crippen MR) is 125 cm³/mol. The topological polar surface area (TPSA) is 83.1 Å². The summed E-state index contributed by atoms with van der Waals surface area (Å²) in [5, 5.41) is 3.37. The average Bonchev–Trinajstić information content (AvgIpc) is 3.31. The molecular formula is C27H27NO6. The normalized spacial score (nSPS) is 21.2. The smallest absolute Gasteiger partial charge is 0.336 e. The minimum Gasteiger partial charge on any atom is -0.497 e. The van der Waals surface area contributed by atoms with Gasteiger partial charge in [0, 0.05) is 29.3 Å². The Bertz CT molecular complexity index is 1230. The highest BCUT2D eigenvalue weighted by molar-refractivity contribution is 6.04. The van der Waals surface area contributed by atoms with Crippen LogP contribution >= 0.6 is 0 Å². The maximum Gasteiger partial charge on any atom is 0.336 e. The van der Waals surface area contributed by atoms with Gasteiger partial charge < -0.3 is 24.3 Å². The van der Waals surface area contributed by atoms with E-state index in [-0.39, 0.29) is 25.1 Å². The Morgan fingerprint density at radius 2 is 1.91 bits per heavy atom. The number of fused-ring (bicyclic) bond motifs is 1. The summed E-state index contributed by atoms with van der Waals surface area (Å²) in [7, 11) is 1.63. The quantitative estimate of drug-likeness (QED) is 0.663. The number of carbonyl (C=O) groups is 2. The van der Waals surface area contributed by atoms with Crippen LogP contribution in [0.4, 0.5) is 0 Å². The molecule has 0 aromatic heterocycles. The number of Topliss-reactive ketones (excluding diaryl/α,β-unsaturated/α-hetero) is 1. The lowest BCUT2D eigenvalue weighted by Crippen LogP contribution is -2.36. The summed E-state index contributed by atoms with van der Waals surface area (Å²) >= 11 is 0. The van der Waals surface area contributed by atoms with Gasteiger partial charge in [0.15, 0.2) is 17.3 Å². The van der Waals surface area contributed by atoms with Crippen LogP contribution in [0.2, 0.25) is 0 Å². The molecule has 3 aliphatic rings. The number of ketones is 1. The molecule has 2 heterocycles. The highest BCUT2D eigenvalue weighted by Crippen LogP contribution is 2.47. The zero-order valence-corrected chi connectivity index (χ0v) is 19.5. The number of esters is 1. The largest absolute Gasteiger partial charge is 0.497 e. The van der Waals surface area contributed by atoms with E-state index in [0.717, 1.165) is 22.6 Å². The predicted octanol–water partition coefficient (Wildman–Crippen LogP) is 4.35. The third-order valence-corrected chi connectivity index (χ3v) is 6.62. The average molecular weight is 462 g/mol. The molecule has 34 heavy (non-hydrogen) atoms. The molecule has 7 nitrogen and oxygen atoms in total. The first-order valence-corrected chi connectivity index (χ1v) is 11.4. The van der Waals surface area contributed by atoms with Gasteiger partial charge in [0.05, 0.1) is 19.3 Å². The van der Waals surface area contributed by atoms with Crippen molar-refractivity contribution in [3.8, 4) is 17.2 Å². The number of hydrogen-bond donors (Lipinski definition) is 1. The number of carbonyl (C=O) groups excluding carboxylic acids is 2. The summed E-state index contributed by atoms with van der Waals surface area (Å²) in [6.07, 6.45) is 1.01. The molecule has 2 aromatic rings. The van der Waals surface area contributed by atoms with Crippen LogP contribution in [0.3, 0.4) is 0 Å². The summed E-state index contributed by atoms with van der Waals surface area (Å²) in [5.41, 5.74) is 4.46. The fourth-order valence-corrected chi connectivity index (χ4v) is 5.08. The van der Waals surface area contributed by atoms with Gasteiger partial charge in [0.1, 0.15) is 5.75 Å². The molecule has 2 aromatic carbocycles. The zero-order chi connectivity index (χ0) is 23.8. The molecule has 0 radical (unpaired) electrons. The van der Waals surface area contributed by atoms with Crippen LogP contribution in [0, 0.1) is 0 Å². The van der Waals surface area contributed by atoms with Crippen LogP contribution in [-0.4, -0.2) is 32.3 Å². The maximum atomic E-state index is 13.7. The van der Waals surface area contributed by atoms with Crippen molar-refractivity contribution in [1.29, 1.82) is 0 Å². The summed E-state index contributed by atoms with van der Waals surface area (Å²) in [5.74, 6) is 1.09. The highest BCUT2D eigenvalue weighted by atomic mass is 16.7. The molecule has 2 atom stereocenters. The molecule has 0 spiro atoms. The lowest BCUT2D eigenvalue weighted by atomic mass is 9.71. The summed E-state index contributed by atoms with van der Waals surface area (Å²) in [6.45, 7) is 4.03. The molecule has 7 heteroatoms. The SMILES string of the molecule is CCOC(=O)C1=C(C)NC2=C(C(=O)CC(c3cccc(OC)c3)C2)C1c1ccc2c(c1)OCO2. The van der Waals surface area contributed by atoms with Crippen molar-refractivity contribution in [1.82, 2.24) is 5.32 Å². The van der Waals surface area contributed by atoms with Crippen LogP contribution in [-0.2, 0) is 14.3 Å². The summed E-state index contributed by atoms with van der Waals surface area (Å²) < 4.78 is 21.8. The van der Waals surface area contributed by atoms with E-state index < -0.39 is 11.9 Å². The third kappa shape index (κ3) is 3.81. The minimum atomic E-state index is -0.538.